The molecule has 1 aromatic heterocycles. The van der Waals surface area contributed by atoms with Gasteiger partial charge in [0.1, 0.15) is 5.82 Å². The summed E-state index contributed by atoms with van der Waals surface area (Å²) in [5, 5.41) is -1.11. The second-order valence-electron chi connectivity index (χ2n) is 4.10. The monoisotopic (exact) mass is 408 g/mol. The van der Waals surface area contributed by atoms with Crippen molar-refractivity contribution < 1.29 is 13.2 Å². The van der Waals surface area contributed by atoms with E-state index in [4.69, 9.17) is 63.7 Å². The molecule has 0 spiro atoms. The summed E-state index contributed by atoms with van der Waals surface area (Å²) in [4.78, 5) is 3.43. The Morgan fingerprint density at radius 1 is 0.864 bits per heavy atom. The van der Waals surface area contributed by atoms with E-state index in [1.807, 2.05) is 0 Å². The summed E-state index contributed by atoms with van der Waals surface area (Å²) >= 11 is 29.6. The third kappa shape index (κ3) is 3.05. The molecule has 0 saturated carbocycles. The SMILES string of the molecule is Nc1cc(-c2c(Cl)c(Cl)c(Cl)c(Cl)c2Cl)c(C(F)(F)F)cn1. The first-order chi connectivity index (χ1) is 10.1. The third-order valence-electron chi connectivity index (χ3n) is 2.71. The van der Waals surface area contributed by atoms with Crippen LogP contribution in [0.5, 0.6) is 0 Å². The number of alkyl halides is 3. The minimum atomic E-state index is -4.71. The smallest absolute Gasteiger partial charge is 0.384 e. The van der Waals surface area contributed by atoms with Crippen molar-refractivity contribution in [2.24, 2.45) is 0 Å². The van der Waals surface area contributed by atoms with Crippen LogP contribution in [0.4, 0.5) is 19.0 Å². The first-order valence-electron chi connectivity index (χ1n) is 5.40. The number of nitrogen functional groups attached to an aromatic ring is 1. The van der Waals surface area contributed by atoms with Crippen molar-refractivity contribution in [2.75, 3.05) is 5.73 Å². The molecule has 0 atom stereocenters. The lowest BCUT2D eigenvalue weighted by atomic mass is 10.0. The van der Waals surface area contributed by atoms with Crippen molar-refractivity contribution in [1.82, 2.24) is 4.98 Å². The van der Waals surface area contributed by atoms with Crippen LogP contribution in [-0.2, 0) is 6.18 Å². The van der Waals surface area contributed by atoms with Gasteiger partial charge in [-0.25, -0.2) is 4.98 Å². The molecular weight excluding hydrogens is 406 g/mol. The minimum absolute atomic E-state index is 0.155. The topological polar surface area (TPSA) is 38.9 Å². The molecule has 0 fully saturated rings. The number of nitrogens with two attached hydrogens (primary N) is 1. The van der Waals surface area contributed by atoms with Gasteiger partial charge in [0.15, 0.2) is 0 Å². The number of pyridine rings is 1. The van der Waals surface area contributed by atoms with Gasteiger partial charge in [0.2, 0.25) is 0 Å². The van der Waals surface area contributed by atoms with Gasteiger partial charge in [-0.3, -0.25) is 0 Å². The number of hydrogen-bond acceptors (Lipinski definition) is 2. The molecule has 0 bridgehead atoms. The predicted octanol–water partition coefficient (Wildman–Crippen LogP) is 6.62. The number of halogens is 8. The molecule has 2 rings (SSSR count). The van der Waals surface area contributed by atoms with Gasteiger partial charge >= 0.3 is 6.18 Å². The predicted molar refractivity (Wildman–Crippen MR) is 84.1 cm³/mol. The Balaban J connectivity index is 2.92. The molecule has 10 heteroatoms. The Labute approximate surface area is 147 Å². The molecule has 2 aromatic rings. The highest BCUT2D eigenvalue weighted by Gasteiger charge is 2.36. The Kier molecular flexibility index (Phi) is 4.95. The van der Waals surface area contributed by atoms with E-state index in [9.17, 15) is 13.2 Å². The van der Waals surface area contributed by atoms with Crippen LogP contribution < -0.4 is 5.73 Å². The van der Waals surface area contributed by atoms with E-state index in [1.165, 1.54) is 0 Å². The van der Waals surface area contributed by atoms with Gasteiger partial charge in [-0.2, -0.15) is 13.2 Å². The number of nitrogens with zero attached hydrogens (tertiary/aromatic N) is 1. The van der Waals surface area contributed by atoms with Gasteiger partial charge < -0.3 is 5.73 Å². The van der Waals surface area contributed by atoms with Crippen molar-refractivity contribution >= 4 is 63.8 Å². The summed E-state index contributed by atoms with van der Waals surface area (Å²) in [6.45, 7) is 0. The molecule has 1 aromatic carbocycles. The molecule has 0 aliphatic rings. The molecule has 0 saturated heterocycles. The van der Waals surface area contributed by atoms with Crippen molar-refractivity contribution in [2.45, 2.75) is 6.18 Å². The van der Waals surface area contributed by atoms with Crippen molar-refractivity contribution in [3.05, 3.63) is 42.9 Å². The zero-order chi connectivity index (χ0) is 16.8. The van der Waals surface area contributed by atoms with Crippen LogP contribution in [0.1, 0.15) is 5.56 Å². The molecule has 0 amide bonds. The number of anilines is 1. The van der Waals surface area contributed by atoms with E-state index in [1.54, 1.807) is 0 Å². The highest BCUT2D eigenvalue weighted by Crippen LogP contribution is 2.50. The third-order valence-corrected chi connectivity index (χ3v) is 4.99. The van der Waals surface area contributed by atoms with E-state index in [0.717, 1.165) is 6.07 Å². The van der Waals surface area contributed by atoms with Gasteiger partial charge in [-0.15, -0.1) is 0 Å². The number of rotatable bonds is 1. The first-order valence-corrected chi connectivity index (χ1v) is 7.29. The summed E-state index contributed by atoms with van der Waals surface area (Å²) in [6.07, 6.45) is -4.13. The molecule has 0 radical (unpaired) electrons. The maximum Gasteiger partial charge on any atom is 0.418 e. The van der Waals surface area contributed by atoms with Crippen LogP contribution in [0.15, 0.2) is 12.3 Å². The maximum absolute atomic E-state index is 13.2. The lowest BCUT2D eigenvalue weighted by Gasteiger charge is -2.17. The van der Waals surface area contributed by atoms with Crippen molar-refractivity contribution in [3.8, 4) is 11.1 Å². The van der Waals surface area contributed by atoms with Gasteiger partial charge in [-0.05, 0) is 6.07 Å². The summed E-state index contributed by atoms with van der Waals surface area (Å²) < 4.78 is 39.5. The number of hydrogen-bond donors (Lipinski definition) is 1. The lowest BCUT2D eigenvalue weighted by molar-refractivity contribution is -0.137. The van der Waals surface area contributed by atoms with Crippen molar-refractivity contribution in [1.29, 1.82) is 0 Å². The highest BCUT2D eigenvalue weighted by molar-refractivity contribution is 6.56. The van der Waals surface area contributed by atoms with E-state index in [-0.39, 0.29) is 36.5 Å². The Bertz CT molecular complexity index is 732. The van der Waals surface area contributed by atoms with E-state index < -0.39 is 17.3 Å². The number of benzene rings is 1. The van der Waals surface area contributed by atoms with E-state index >= 15 is 0 Å². The standard InChI is InChI=1S/C12H4Cl5F3N2/c13-7-6(8(14)10(16)11(17)9(7)15)3-1-5(21)22-2-4(3)12(18,19)20/h1-2H,(H2,21,22). The lowest BCUT2D eigenvalue weighted by Crippen LogP contribution is -2.09. The first kappa shape index (κ1) is 17.8. The summed E-state index contributed by atoms with van der Waals surface area (Å²) in [5.74, 6) is -0.155. The molecule has 1 heterocycles. The van der Waals surface area contributed by atoms with Crippen molar-refractivity contribution in [3.63, 3.8) is 0 Å². The molecule has 2 N–H and O–H groups in total. The molecule has 0 aliphatic heterocycles. The molecule has 0 aliphatic carbocycles. The molecule has 0 unspecified atom stereocenters. The van der Waals surface area contributed by atoms with Crippen LogP contribution in [0.3, 0.4) is 0 Å². The molecule has 118 valence electrons. The fourth-order valence-electron chi connectivity index (χ4n) is 1.75. The van der Waals surface area contributed by atoms with Crippen LogP contribution >= 0.6 is 58.0 Å². The summed E-state index contributed by atoms with van der Waals surface area (Å²) in [7, 11) is 0. The quantitative estimate of drug-likeness (QED) is 0.424. The van der Waals surface area contributed by atoms with Gasteiger partial charge in [0.05, 0.1) is 30.7 Å². The van der Waals surface area contributed by atoms with Gasteiger partial charge in [0, 0.05) is 17.3 Å². The zero-order valence-corrected chi connectivity index (χ0v) is 14.0. The Morgan fingerprint density at radius 2 is 1.32 bits per heavy atom. The Morgan fingerprint density at radius 3 is 1.77 bits per heavy atom. The second kappa shape index (κ2) is 6.13. The second-order valence-corrected chi connectivity index (χ2v) is 5.99. The Hall–Kier alpha value is -0.590. The fraction of sp³-hybridized carbons (Fsp3) is 0.0833. The molecule has 2 nitrogen and oxygen atoms in total. The summed E-state index contributed by atoms with van der Waals surface area (Å²) in [5.41, 5.74) is 3.76. The molecule has 22 heavy (non-hydrogen) atoms. The van der Waals surface area contributed by atoms with Gasteiger partial charge in [-0.1, -0.05) is 58.0 Å². The van der Waals surface area contributed by atoms with Crippen LogP contribution in [0, 0.1) is 0 Å². The van der Waals surface area contributed by atoms with Crippen LogP contribution in [0.25, 0.3) is 11.1 Å². The van der Waals surface area contributed by atoms with Gasteiger partial charge in [0.25, 0.3) is 0 Å². The minimum Gasteiger partial charge on any atom is -0.384 e. The zero-order valence-electron chi connectivity index (χ0n) is 10.2. The highest BCUT2D eigenvalue weighted by atomic mass is 35.5. The van der Waals surface area contributed by atoms with E-state index in [0.29, 0.717) is 6.20 Å². The maximum atomic E-state index is 13.2. The fourth-order valence-corrected chi connectivity index (χ4v) is 3.09. The number of aromatic nitrogens is 1. The largest absolute Gasteiger partial charge is 0.418 e. The van der Waals surface area contributed by atoms with Crippen LogP contribution in [-0.4, -0.2) is 4.98 Å². The average molecular weight is 410 g/mol. The average Bonchev–Trinajstić information content (AvgIpc) is 2.42. The van der Waals surface area contributed by atoms with E-state index in [2.05, 4.69) is 4.98 Å². The van der Waals surface area contributed by atoms with Crippen LogP contribution in [0.2, 0.25) is 25.1 Å². The molecular formula is C12H4Cl5F3N2. The summed E-state index contributed by atoms with van der Waals surface area (Å²) in [6, 6.07) is 0.983. The normalized spacial score (nSPS) is 11.8.